The predicted molar refractivity (Wildman–Crippen MR) is 57.1 cm³/mol. The zero-order valence-corrected chi connectivity index (χ0v) is 8.65. The van der Waals surface area contributed by atoms with Crippen molar-refractivity contribution in [2.24, 2.45) is 0 Å². The predicted octanol–water partition coefficient (Wildman–Crippen LogP) is 1.19. The largest absolute Gasteiger partial charge is 0.309 e. The summed E-state index contributed by atoms with van der Waals surface area (Å²) in [5.74, 6) is 1.52. The first kappa shape index (κ1) is 9.47. The summed E-state index contributed by atoms with van der Waals surface area (Å²) in [6, 6.07) is 6.35. The number of nitrogens with one attached hydrogen (secondary N) is 1. The molecule has 1 aliphatic rings. The van der Waals surface area contributed by atoms with Crippen LogP contribution in [0.15, 0.2) is 24.3 Å². The van der Waals surface area contributed by atoms with Crippen molar-refractivity contribution in [1.82, 2.24) is 20.1 Å². The maximum atomic E-state index is 12.8. The second-order valence-electron chi connectivity index (χ2n) is 3.78. The van der Waals surface area contributed by atoms with Crippen molar-refractivity contribution in [1.29, 1.82) is 0 Å². The molecule has 0 amide bonds. The van der Waals surface area contributed by atoms with Crippen molar-refractivity contribution in [2.75, 3.05) is 6.54 Å². The molecule has 82 valence electrons. The van der Waals surface area contributed by atoms with Gasteiger partial charge in [0, 0.05) is 18.7 Å². The second kappa shape index (κ2) is 3.68. The summed E-state index contributed by atoms with van der Waals surface area (Å²) in [6.45, 7) is 2.52. The first-order valence-electron chi connectivity index (χ1n) is 5.23. The molecule has 3 rings (SSSR count). The number of halogens is 1. The van der Waals surface area contributed by atoms with Gasteiger partial charge in [-0.05, 0) is 24.3 Å². The van der Waals surface area contributed by atoms with Gasteiger partial charge < -0.3 is 9.88 Å². The Morgan fingerprint density at radius 2 is 2.00 bits per heavy atom. The third kappa shape index (κ3) is 1.49. The quantitative estimate of drug-likeness (QED) is 0.781. The van der Waals surface area contributed by atoms with Crippen LogP contribution in [-0.4, -0.2) is 21.3 Å². The van der Waals surface area contributed by atoms with E-state index in [4.69, 9.17) is 0 Å². The van der Waals surface area contributed by atoms with Gasteiger partial charge in [0.15, 0.2) is 5.82 Å². The number of rotatable bonds is 1. The van der Waals surface area contributed by atoms with E-state index in [1.807, 2.05) is 0 Å². The third-order valence-corrected chi connectivity index (χ3v) is 2.73. The molecule has 2 aromatic rings. The maximum absolute atomic E-state index is 12.8. The van der Waals surface area contributed by atoms with Crippen molar-refractivity contribution in [3.63, 3.8) is 0 Å². The number of benzene rings is 1. The Kier molecular flexibility index (Phi) is 2.18. The molecule has 1 N–H and O–H groups in total. The Bertz CT molecular complexity index is 503. The minimum absolute atomic E-state index is 0.233. The first-order chi connectivity index (χ1) is 7.84. The van der Waals surface area contributed by atoms with E-state index in [2.05, 4.69) is 20.1 Å². The van der Waals surface area contributed by atoms with Gasteiger partial charge in [-0.2, -0.15) is 0 Å². The fourth-order valence-corrected chi connectivity index (χ4v) is 1.90. The molecule has 1 aromatic carbocycles. The van der Waals surface area contributed by atoms with Crippen molar-refractivity contribution in [2.45, 2.75) is 13.1 Å². The SMILES string of the molecule is Fc1ccc(-c2nnc3n2CCNC3)cc1. The molecular formula is C11H11FN4. The summed E-state index contributed by atoms with van der Waals surface area (Å²) in [5, 5.41) is 11.5. The molecule has 0 aliphatic carbocycles. The minimum Gasteiger partial charge on any atom is -0.309 e. The van der Waals surface area contributed by atoms with Crippen molar-refractivity contribution >= 4 is 0 Å². The van der Waals surface area contributed by atoms with E-state index in [1.165, 1.54) is 12.1 Å². The average Bonchev–Trinajstić information content (AvgIpc) is 2.74. The van der Waals surface area contributed by atoms with Crippen LogP contribution in [0, 0.1) is 5.82 Å². The molecule has 0 saturated heterocycles. The molecule has 1 aliphatic heterocycles. The molecule has 5 heteroatoms. The van der Waals surface area contributed by atoms with Crippen LogP contribution in [0.5, 0.6) is 0 Å². The number of hydrogen-bond donors (Lipinski definition) is 1. The van der Waals surface area contributed by atoms with Crippen LogP contribution in [0.2, 0.25) is 0 Å². The van der Waals surface area contributed by atoms with Gasteiger partial charge in [-0.1, -0.05) is 0 Å². The molecule has 0 atom stereocenters. The van der Waals surface area contributed by atoms with E-state index in [0.717, 1.165) is 36.8 Å². The number of nitrogens with zero attached hydrogens (tertiary/aromatic N) is 3. The molecule has 4 nitrogen and oxygen atoms in total. The van der Waals surface area contributed by atoms with E-state index < -0.39 is 0 Å². The molecule has 16 heavy (non-hydrogen) atoms. The number of hydrogen-bond acceptors (Lipinski definition) is 3. The van der Waals surface area contributed by atoms with Gasteiger partial charge in [-0.15, -0.1) is 10.2 Å². The van der Waals surface area contributed by atoms with Crippen molar-refractivity contribution in [3.05, 3.63) is 35.9 Å². The van der Waals surface area contributed by atoms with Gasteiger partial charge in [0.2, 0.25) is 0 Å². The Morgan fingerprint density at radius 3 is 2.81 bits per heavy atom. The lowest BCUT2D eigenvalue weighted by molar-refractivity contribution is 0.508. The van der Waals surface area contributed by atoms with Crippen LogP contribution < -0.4 is 5.32 Å². The summed E-state index contributed by atoms with van der Waals surface area (Å²) >= 11 is 0. The zero-order valence-electron chi connectivity index (χ0n) is 8.65. The average molecular weight is 218 g/mol. The first-order valence-corrected chi connectivity index (χ1v) is 5.23. The highest BCUT2D eigenvalue weighted by Gasteiger charge is 2.16. The van der Waals surface area contributed by atoms with E-state index in [1.54, 1.807) is 12.1 Å². The topological polar surface area (TPSA) is 42.7 Å². The number of fused-ring (bicyclic) bond motifs is 1. The molecule has 0 spiro atoms. The lowest BCUT2D eigenvalue weighted by atomic mass is 10.2. The van der Waals surface area contributed by atoms with E-state index in [9.17, 15) is 4.39 Å². The Hall–Kier alpha value is -1.75. The van der Waals surface area contributed by atoms with Crippen LogP contribution >= 0.6 is 0 Å². The van der Waals surface area contributed by atoms with Crippen LogP contribution in [-0.2, 0) is 13.1 Å². The number of aromatic nitrogens is 3. The minimum atomic E-state index is -0.233. The second-order valence-corrected chi connectivity index (χ2v) is 3.78. The van der Waals surface area contributed by atoms with Gasteiger partial charge in [0.1, 0.15) is 11.6 Å². The third-order valence-electron chi connectivity index (χ3n) is 2.73. The fourth-order valence-electron chi connectivity index (χ4n) is 1.90. The van der Waals surface area contributed by atoms with E-state index in [-0.39, 0.29) is 5.82 Å². The highest BCUT2D eigenvalue weighted by molar-refractivity contribution is 5.55. The molecule has 0 bridgehead atoms. The molecule has 2 heterocycles. The highest BCUT2D eigenvalue weighted by atomic mass is 19.1. The molecule has 0 radical (unpaired) electrons. The van der Waals surface area contributed by atoms with Crippen LogP contribution in [0.3, 0.4) is 0 Å². The Balaban J connectivity index is 2.06. The maximum Gasteiger partial charge on any atom is 0.164 e. The zero-order chi connectivity index (χ0) is 11.0. The van der Waals surface area contributed by atoms with E-state index >= 15 is 0 Å². The van der Waals surface area contributed by atoms with Crippen molar-refractivity contribution < 1.29 is 4.39 Å². The molecule has 0 unspecified atom stereocenters. The standard InChI is InChI=1S/C11H11FN4/c12-9-3-1-8(2-4-9)11-15-14-10-7-13-5-6-16(10)11/h1-4,13H,5-7H2. The van der Waals surface area contributed by atoms with E-state index in [0.29, 0.717) is 0 Å². The smallest absolute Gasteiger partial charge is 0.164 e. The summed E-state index contributed by atoms with van der Waals surface area (Å²) in [5.41, 5.74) is 0.905. The van der Waals surface area contributed by atoms with Gasteiger partial charge >= 0.3 is 0 Å². The molecule has 0 saturated carbocycles. The summed E-state index contributed by atoms with van der Waals surface area (Å²) in [4.78, 5) is 0. The highest BCUT2D eigenvalue weighted by Crippen LogP contribution is 2.19. The molecular weight excluding hydrogens is 207 g/mol. The Morgan fingerprint density at radius 1 is 1.19 bits per heavy atom. The van der Waals surface area contributed by atoms with Crippen LogP contribution in [0.4, 0.5) is 4.39 Å². The summed E-state index contributed by atoms with van der Waals surface area (Å²) in [6.07, 6.45) is 0. The lowest BCUT2D eigenvalue weighted by Crippen LogP contribution is -2.28. The van der Waals surface area contributed by atoms with Crippen molar-refractivity contribution in [3.8, 4) is 11.4 Å². The lowest BCUT2D eigenvalue weighted by Gasteiger charge is -2.15. The van der Waals surface area contributed by atoms with Gasteiger partial charge in [-0.25, -0.2) is 4.39 Å². The Labute approximate surface area is 92.1 Å². The summed E-state index contributed by atoms with van der Waals surface area (Å²) < 4.78 is 14.9. The van der Waals surface area contributed by atoms with Crippen LogP contribution in [0.25, 0.3) is 11.4 Å². The molecule has 0 fully saturated rings. The monoisotopic (exact) mass is 218 g/mol. The molecule has 1 aromatic heterocycles. The van der Waals surface area contributed by atoms with Gasteiger partial charge in [0.25, 0.3) is 0 Å². The van der Waals surface area contributed by atoms with Crippen LogP contribution in [0.1, 0.15) is 5.82 Å². The van der Waals surface area contributed by atoms with Gasteiger partial charge in [-0.3, -0.25) is 0 Å². The van der Waals surface area contributed by atoms with Gasteiger partial charge in [0.05, 0.1) is 6.54 Å². The fraction of sp³-hybridized carbons (Fsp3) is 0.273. The normalized spacial score (nSPS) is 14.8. The summed E-state index contributed by atoms with van der Waals surface area (Å²) in [7, 11) is 0.